The molecule has 130 valence electrons. The zero-order valence-corrected chi connectivity index (χ0v) is 15.4. The van der Waals surface area contributed by atoms with Crippen molar-refractivity contribution >= 4 is 29.3 Å². The van der Waals surface area contributed by atoms with Crippen LogP contribution in [-0.2, 0) is 7.05 Å². The summed E-state index contributed by atoms with van der Waals surface area (Å²) < 4.78 is 1.92. The summed E-state index contributed by atoms with van der Waals surface area (Å²) in [6, 6.07) is 0. The van der Waals surface area contributed by atoms with Crippen molar-refractivity contribution < 1.29 is 0 Å². The van der Waals surface area contributed by atoms with Gasteiger partial charge in [-0.3, -0.25) is 5.32 Å². The molecule has 0 aliphatic carbocycles. The van der Waals surface area contributed by atoms with Crippen LogP contribution in [0.2, 0.25) is 0 Å². The average molecular weight is 348 g/mol. The fourth-order valence-corrected chi connectivity index (χ4v) is 2.11. The number of nitrogens with two attached hydrogens (primary N) is 1. The number of nitrogens with zero attached hydrogens (tertiary/aromatic N) is 5. The third-order valence-electron chi connectivity index (χ3n) is 3.20. The first-order valence-corrected chi connectivity index (χ1v) is 7.94. The summed E-state index contributed by atoms with van der Waals surface area (Å²) in [5.41, 5.74) is 7.97. The zero-order chi connectivity index (χ0) is 17.9. The summed E-state index contributed by atoms with van der Waals surface area (Å²) in [5.74, 6) is 0. The second-order valence-electron chi connectivity index (χ2n) is 6.55. The topological polar surface area (TPSA) is 95.9 Å². The van der Waals surface area contributed by atoms with Gasteiger partial charge in [-0.25, -0.2) is 15.0 Å². The molecule has 0 spiro atoms. The number of aryl methyl sites for hydroxylation is 1. The Balaban J connectivity index is 2.30. The molecule has 1 aliphatic rings. The van der Waals surface area contributed by atoms with Crippen LogP contribution >= 0.6 is 12.2 Å². The molecule has 2 rings (SSSR count). The molecule has 0 saturated carbocycles. The third-order valence-corrected chi connectivity index (χ3v) is 3.47. The fourth-order valence-electron chi connectivity index (χ4n) is 2.06. The minimum atomic E-state index is -0.281. The van der Waals surface area contributed by atoms with Gasteiger partial charge in [-0.1, -0.05) is 0 Å². The molecular weight excluding hydrogens is 324 g/mol. The lowest BCUT2D eigenvalue weighted by Gasteiger charge is -2.30. The van der Waals surface area contributed by atoms with Gasteiger partial charge in [0.25, 0.3) is 0 Å². The Bertz CT molecular complexity index is 695. The monoisotopic (exact) mass is 348 g/mol. The number of hydrazone groups is 1. The Morgan fingerprint density at radius 2 is 2.25 bits per heavy atom. The highest BCUT2D eigenvalue weighted by Gasteiger charge is 2.21. The average Bonchev–Trinajstić information content (AvgIpc) is 2.88. The molecule has 0 saturated heterocycles. The van der Waals surface area contributed by atoms with Crippen LogP contribution in [0, 0.1) is 0 Å². The normalized spacial score (nSPS) is 18.1. The number of nitrogens with one attached hydrogen (secondary N) is 2. The predicted molar refractivity (Wildman–Crippen MR) is 101 cm³/mol. The van der Waals surface area contributed by atoms with Gasteiger partial charge in [-0.15, -0.1) is 0 Å². The number of allylic oxidation sites excluding steroid dienone is 2. The highest BCUT2D eigenvalue weighted by molar-refractivity contribution is 7.80. The van der Waals surface area contributed by atoms with Crippen LogP contribution < -0.4 is 16.4 Å². The van der Waals surface area contributed by atoms with Crippen molar-refractivity contribution in [1.82, 2.24) is 25.2 Å². The van der Waals surface area contributed by atoms with E-state index in [0.29, 0.717) is 0 Å². The van der Waals surface area contributed by atoms with E-state index in [4.69, 9.17) is 22.9 Å². The number of hydrogen-bond donors (Lipinski definition) is 3. The molecule has 1 atom stereocenters. The Kier molecular flexibility index (Phi) is 5.35. The molecule has 1 aliphatic heterocycles. The molecule has 9 heteroatoms. The lowest BCUT2D eigenvalue weighted by Crippen LogP contribution is -2.51. The van der Waals surface area contributed by atoms with E-state index in [1.807, 2.05) is 17.7 Å². The van der Waals surface area contributed by atoms with Crippen LogP contribution in [0.25, 0.3) is 0 Å². The first kappa shape index (κ1) is 18.1. The molecule has 0 amide bonds. The van der Waals surface area contributed by atoms with Gasteiger partial charge in [0.1, 0.15) is 0 Å². The summed E-state index contributed by atoms with van der Waals surface area (Å²) in [6.45, 7) is 6.25. The Labute approximate surface area is 147 Å². The van der Waals surface area contributed by atoms with E-state index in [1.165, 1.54) is 5.01 Å². The summed E-state index contributed by atoms with van der Waals surface area (Å²) in [5, 5.41) is 12.6. The van der Waals surface area contributed by atoms with Gasteiger partial charge in [0.2, 0.25) is 0 Å². The Morgan fingerprint density at radius 3 is 2.79 bits per heavy atom. The molecule has 2 heterocycles. The number of thiocarbonyl (C=S) groups is 1. The van der Waals surface area contributed by atoms with E-state index in [0.717, 1.165) is 17.1 Å². The zero-order valence-electron chi connectivity index (χ0n) is 14.6. The molecule has 0 bridgehead atoms. The van der Waals surface area contributed by atoms with Crippen molar-refractivity contribution in [2.24, 2.45) is 22.9 Å². The summed E-state index contributed by atoms with van der Waals surface area (Å²) in [7, 11) is 3.63. The van der Waals surface area contributed by atoms with E-state index < -0.39 is 0 Å². The molecule has 4 N–H and O–H groups in total. The third kappa shape index (κ3) is 4.87. The lowest BCUT2D eigenvalue weighted by molar-refractivity contribution is 0.341. The van der Waals surface area contributed by atoms with E-state index >= 15 is 0 Å². The highest BCUT2D eigenvalue weighted by Crippen LogP contribution is 2.11. The van der Waals surface area contributed by atoms with Crippen molar-refractivity contribution in [3.05, 3.63) is 30.0 Å². The molecule has 1 aromatic heterocycles. The van der Waals surface area contributed by atoms with Crippen LogP contribution in [0.5, 0.6) is 0 Å². The minimum absolute atomic E-state index is 0.103. The van der Waals surface area contributed by atoms with E-state index in [1.54, 1.807) is 25.8 Å². The number of hydrogen-bond acceptors (Lipinski definition) is 6. The molecular formula is C15H24N8S. The number of rotatable bonds is 4. The number of aliphatic imine (C=N–C) groups is 1. The van der Waals surface area contributed by atoms with Crippen molar-refractivity contribution in [2.75, 3.05) is 7.05 Å². The van der Waals surface area contributed by atoms with Crippen molar-refractivity contribution in [1.29, 1.82) is 0 Å². The maximum absolute atomic E-state index is 5.54. The smallest absolute Gasteiger partial charge is 0.186 e. The second-order valence-corrected chi connectivity index (χ2v) is 6.97. The van der Waals surface area contributed by atoms with Gasteiger partial charge in [0.15, 0.2) is 11.4 Å². The Morgan fingerprint density at radius 1 is 1.54 bits per heavy atom. The molecule has 0 fully saturated rings. The Hall–Kier alpha value is -2.26. The SMILES string of the molecule is CN(/N=C/C1=CC(c2cncn2C)=NC(NC(C)(C)C)N1)C(N)=S. The molecule has 8 nitrogen and oxygen atoms in total. The largest absolute Gasteiger partial charge is 0.375 e. The van der Waals surface area contributed by atoms with E-state index in [2.05, 4.69) is 41.5 Å². The molecule has 1 aromatic rings. The second kappa shape index (κ2) is 7.10. The van der Waals surface area contributed by atoms with Crippen LogP contribution in [0.1, 0.15) is 26.5 Å². The van der Waals surface area contributed by atoms with Gasteiger partial charge >= 0.3 is 0 Å². The molecule has 0 radical (unpaired) electrons. The van der Waals surface area contributed by atoms with Crippen molar-refractivity contribution in [3.63, 3.8) is 0 Å². The lowest BCUT2D eigenvalue weighted by atomic mass is 10.1. The van der Waals surface area contributed by atoms with Crippen LogP contribution in [-0.4, -0.2) is 50.5 Å². The first-order chi connectivity index (χ1) is 11.2. The van der Waals surface area contributed by atoms with Crippen molar-refractivity contribution in [2.45, 2.75) is 32.6 Å². The minimum Gasteiger partial charge on any atom is -0.375 e. The first-order valence-electron chi connectivity index (χ1n) is 7.53. The summed E-state index contributed by atoms with van der Waals surface area (Å²) >= 11 is 4.89. The maximum Gasteiger partial charge on any atom is 0.186 e. The van der Waals surface area contributed by atoms with Gasteiger partial charge in [0.05, 0.1) is 35.8 Å². The predicted octanol–water partition coefficient (Wildman–Crippen LogP) is 0.529. The van der Waals surface area contributed by atoms with Crippen LogP contribution in [0.15, 0.2) is 34.4 Å². The quantitative estimate of drug-likeness (QED) is 0.417. The van der Waals surface area contributed by atoms with Crippen LogP contribution in [0.3, 0.4) is 0 Å². The summed E-state index contributed by atoms with van der Waals surface area (Å²) in [6.07, 6.45) is 6.83. The highest BCUT2D eigenvalue weighted by atomic mass is 32.1. The van der Waals surface area contributed by atoms with E-state index in [-0.39, 0.29) is 16.9 Å². The van der Waals surface area contributed by atoms with Gasteiger partial charge in [-0.05, 0) is 39.1 Å². The number of imidazole rings is 1. The van der Waals surface area contributed by atoms with Crippen molar-refractivity contribution in [3.8, 4) is 0 Å². The van der Waals surface area contributed by atoms with Crippen LogP contribution in [0.4, 0.5) is 0 Å². The molecule has 24 heavy (non-hydrogen) atoms. The van der Waals surface area contributed by atoms with Gasteiger partial charge in [-0.2, -0.15) is 5.10 Å². The van der Waals surface area contributed by atoms with E-state index in [9.17, 15) is 0 Å². The molecule has 0 aromatic carbocycles. The fraction of sp³-hybridized carbons (Fsp3) is 0.467. The summed E-state index contributed by atoms with van der Waals surface area (Å²) in [4.78, 5) is 8.87. The van der Waals surface area contributed by atoms with Gasteiger partial charge in [0, 0.05) is 19.6 Å². The molecule has 1 unspecified atom stereocenters. The standard InChI is InChI=1S/C15H24N8S/c1-15(2,3)21-14-19-10(7-18-23(5)13(16)24)6-11(20-14)12-8-17-9-22(12)4/h6-9,14,19,21H,1-5H3,(H2,16,24)/b18-7+. The maximum atomic E-state index is 5.54. The number of aromatic nitrogens is 2. The van der Waals surface area contributed by atoms with Gasteiger partial charge < -0.3 is 15.6 Å².